The van der Waals surface area contributed by atoms with Crippen LogP contribution in [0.5, 0.6) is 0 Å². The van der Waals surface area contributed by atoms with Crippen LogP contribution in [0.1, 0.15) is 11.1 Å². The van der Waals surface area contributed by atoms with Gasteiger partial charge in [-0.15, -0.1) is 0 Å². The molecule has 0 unspecified atom stereocenters. The van der Waals surface area contributed by atoms with Gasteiger partial charge >= 0.3 is 6.18 Å². The highest BCUT2D eigenvalue weighted by Gasteiger charge is 2.34. The maximum atomic E-state index is 12.8. The van der Waals surface area contributed by atoms with E-state index in [0.717, 1.165) is 27.2 Å². The van der Waals surface area contributed by atoms with Gasteiger partial charge in [0.25, 0.3) is 5.56 Å². The fourth-order valence-electron chi connectivity index (χ4n) is 2.40. The maximum absolute atomic E-state index is 12.8. The van der Waals surface area contributed by atoms with Crippen LogP contribution in [0.15, 0.2) is 45.8 Å². The number of carbonyl (C=O) groups is 2. The number of hydrogen-bond acceptors (Lipinski definition) is 3. The van der Waals surface area contributed by atoms with Gasteiger partial charge in [-0.2, -0.15) is 13.2 Å². The monoisotopic (exact) mass is 459 g/mol. The molecule has 0 saturated heterocycles. The average molecular weight is 460 g/mol. The van der Waals surface area contributed by atoms with Crippen molar-refractivity contribution >= 4 is 33.4 Å². The van der Waals surface area contributed by atoms with Gasteiger partial charge in [-0.3, -0.25) is 14.4 Å². The third-order valence-electron chi connectivity index (χ3n) is 3.90. The molecule has 1 aromatic heterocycles. The van der Waals surface area contributed by atoms with E-state index < -0.39 is 35.7 Å². The van der Waals surface area contributed by atoms with Crippen LogP contribution in [0, 0.1) is 6.92 Å². The highest BCUT2D eigenvalue weighted by atomic mass is 79.9. The van der Waals surface area contributed by atoms with Gasteiger partial charge < -0.3 is 14.8 Å². The van der Waals surface area contributed by atoms with E-state index in [1.807, 2.05) is 6.07 Å². The minimum Gasteiger partial charge on any atom is -0.335 e. The number of aromatic nitrogens is 1. The molecule has 0 bridgehead atoms. The Morgan fingerprint density at radius 3 is 2.54 bits per heavy atom. The number of aryl methyl sites for hydroxylation is 1. The van der Waals surface area contributed by atoms with Crippen molar-refractivity contribution in [3.63, 3.8) is 0 Å². The summed E-state index contributed by atoms with van der Waals surface area (Å²) in [6.45, 7) is 0.876. The summed E-state index contributed by atoms with van der Waals surface area (Å²) in [6.07, 6.45) is -3.72. The van der Waals surface area contributed by atoms with Crippen LogP contribution in [0.4, 0.5) is 18.9 Å². The number of rotatable bonds is 5. The van der Waals surface area contributed by atoms with Crippen molar-refractivity contribution in [2.24, 2.45) is 0 Å². The molecule has 1 heterocycles. The number of nitrogens with zero attached hydrogens (tertiary/aromatic N) is 2. The first-order valence-corrected chi connectivity index (χ1v) is 8.85. The zero-order valence-electron chi connectivity index (χ0n) is 15.0. The van der Waals surface area contributed by atoms with E-state index in [-0.39, 0.29) is 6.54 Å². The molecule has 1 aromatic carbocycles. The first kappa shape index (κ1) is 21.7. The summed E-state index contributed by atoms with van der Waals surface area (Å²) >= 11 is 3.31. The van der Waals surface area contributed by atoms with Crippen LogP contribution in [0.3, 0.4) is 0 Å². The highest BCUT2D eigenvalue weighted by Crippen LogP contribution is 2.26. The fourth-order valence-corrected chi connectivity index (χ4v) is 2.88. The number of anilines is 1. The number of likely N-dealkylation sites (N-methyl/N-ethyl adjacent to an activating group) is 1. The number of pyridine rings is 1. The Morgan fingerprint density at radius 2 is 1.93 bits per heavy atom. The van der Waals surface area contributed by atoms with E-state index in [1.54, 1.807) is 19.1 Å². The smallest absolute Gasteiger partial charge is 0.335 e. The third-order valence-corrected chi connectivity index (χ3v) is 4.39. The van der Waals surface area contributed by atoms with Gasteiger partial charge in [-0.05, 0) is 42.8 Å². The van der Waals surface area contributed by atoms with Crippen LogP contribution in [-0.4, -0.2) is 34.9 Å². The van der Waals surface area contributed by atoms with Gasteiger partial charge in [-0.25, -0.2) is 0 Å². The summed E-state index contributed by atoms with van der Waals surface area (Å²) in [5.74, 6) is -1.15. The van der Waals surface area contributed by atoms with Crippen molar-refractivity contribution in [3.05, 3.63) is 62.5 Å². The van der Waals surface area contributed by atoms with Crippen molar-refractivity contribution in [1.82, 2.24) is 9.47 Å². The summed E-state index contributed by atoms with van der Waals surface area (Å²) < 4.78 is 39.9. The highest BCUT2D eigenvalue weighted by molar-refractivity contribution is 9.10. The molecule has 0 aliphatic heterocycles. The SMILES string of the molecule is Cc1cc(Br)ccc1NC(=O)CN(C)C(=O)Cn1cccc(C(F)(F)F)c1=O. The number of halogens is 4. The second-order valence-electron chi connectivity index (χ2n) is 6.11. The van der Waals surface area contributed by atoms with Crippen LogP contribution >= 0.6 is 15.9 Å². The second kappa shape index (κ2) is 8.59. The number of hydrogen-bond donors (Lipinski definition) is 1. The molecular weight excluding hydrogens is 443 g/mol. The normalized spacial score (nSPS) is 11.2. The van der Waals surface area contributed by atoms with E-state index in [1.165, 1.54) is 7.05 Å². The van der Waals surface area contributed by atoms with Gasteiger partial charge in [0.15, 0.2) is 0 Å². The van der Waals surface area contributed by atoms with Gasteiger partial charge in [0.05, 0.1) is 6.54 Å². The van der Waals surface area contributed by atoms with Gasteiger partial charge in [-0.1, -0.05) is 15.9 Å². The molecule has 2 aromatic rings. The molecule has 0 spiro atoms. The fraction of sp³-hybridized carbons (Fsp3) is 0.278. The molecule has 2 rings (SSSR count). The van der Waals surface area contributed by atoms with Gasteiger partial charge in [0, 0.05) is 23.4 Å². The van der Waals surface area contributed by atoms with E-state index >= 15 is 0 Å². The minimum atomic E-state index is -4.81. The lowest BCUT2D eigenvalue weighted by Crippen LogP contribution is -2.39. The predicted octanol–water partition coefficient (Wildman–Crippen LogP) is 3.04. The molecule has 10 heteroatoms. The summed E-state index contributed by atoms with van der Waals surface area (Å²) in [5, 5.41) is 2.66. The first-order chi connectivity index (χ1) is 13.0. The Labute approximate surface area is 167 Å². The minimum absolute atomic E-state index is 0.317. The zero-order valence-corrected chi connectivity index (χ0v) is 16.6. The second-order valence-corrected chi connectivity index (χ2v) is 7.03. The standard InChI is InChI=1S/C18H17BrF3N3O3/c1-11-8-12(19)5-6-14(11)23-15(26)9-24(2)16(27)10-25-7-3-4-13(17(25)28)18(20,21)22/h3-8H,9-10H2,1-2H3,(H,23,26). The van der Waals surface area contributed by atoms with E-state index in [9.17, 15) is 27.6 Å². The number of alkyl halides is 3. The molecule has 0 atom stereocenters. The number of carbonyl (C=O) groups excluding carboxylic acids is 2. The molecule has 0 aliphatic rings. The maximum Gasteiger partial charge on any atom is 0.421 e. The van der Waals surface area contributed by atoms with E-state index in [2.05, 4.69) is 21.2 Å². The summed E-state index contributed by atoms with van der Waals surface area (Å²) in [7, 11) is 1.33. The van der Waals surface area contributed by atoms with Crippen molar-refractivity contribution in [1.29, 1.82) is 0 Å². The lowest BCUT2D eigenvalue weighted by Gasteiger charge is -2.18. The Hall–Kier alpha value is -2.62. The zero-order chi connectivity index (χ0) is 21.1. The Bertz CT molecular complexity index is 957. The molecule has 0 radical (unpaired) electrons. The van der Waals surface area contributed by atoms with Crippen LogP contribution in [0.25, 0.3) is 0 Å². The van der Waals surface area contributed by atoms with Crippen LogP contribution in [-0.2, 0) is 22.3 Å². The Kier molecular flexibility index (Phi) is 6.65. The summed E-state index contributed by atoms with van der Waals surface area (Å²) in [6, 6.07) is 6.95. The number of amides is 2. The molecule has 0 fully saturated rings. The van der Waals surface area contributed by atoms with Gasteiger partial charge in [0.2, 0.25) is 11.8 Å². The lowest BCUT2D eigenvalue weighted by atomic mass is 10.2. The molecule has 0 aliphatic carbocycles. The molecule has 6 nitrogen and oxygen atoms in total. The van der Waals surface area contributed by atoms with Crippen LogP contribution in [0.2, 0.25) is 0 Å². The third kappa shape index (κ3) is 5.44. The Balaban J connectivity index is 2.03. The number of nitrogens with one attached hydrogen (secondary N) is 1. The number of benzene rings is 1. The molecule has 1 N–H and O–H groups in total. The van der Waals surface area contributed by atoms with Gasteiger partial charge in [0.1, 0.15) is 12.1 Å². The lowest BCUT2D eigenvalue weighted by molar-refractivity contribution is -0.139. The van der Waals surface area contributed by atoms with Crippen LogP contribution < -0.4 is 10.9 Å². The van der Waals surface area contributed by atoms with E-state index in [4.69, 9.17) is 0 Å². The van der Waals surface area contributed by atoms with Crippen molar-refractivity contribution < 1.29 is 22.8 Å². The quantitative estimate of drug-likeness (QED) is 0.746. The van der Waals surface area contributed by atoms with Crippen molar-refractivity contribution in [2.45, 2.75) is 19.6 Å². The molecule has 0 saturated carbocycles. The first-order valence-electron chi connectivity index (χ1n) is 8.05. The summed E-state index contributed by atoms with van der Waals surface area (Å²) in [5.41, 5.74) is -1.28. The largest absolute Gasteiger partial charge is 0.421 e. The van der Waals surface area contributed by atoms with Crippen molar-refractivity contribution in [2.75, 3.05) is 18.9 Å². The molecule has 28 heavy (non-hydrogen) atoms. The Morgan fingerprint density at radius 1 is 1.25 bits per heavy atom. The molecule has 2 amide bonds. The topological polar surface area (TPSA) is 71.4 Å². The summed E-state index contributed by atoms with van der Waals surface area (Å²) in [4.78, 5) is 37.3. The predicted molar refractivity (Wildman–Crippen MR) is 101 cm³/mol. The van der Waals surface area contributed by atoms with E-state index in [0.29, 0.717) is 16.3 Å². The average Bonchev–Trinajstić information content (AvgIpc) is 2.58. The molecule has 150 valence electrons. The molecular formula is C18H17BrF3N3O3. The van der Waals surface area contributed by atoms with Crippen molar-refractivity contribution in [3.8, 4) is 0 Å².